The Kier molecular flexibility index (Phi) is 3.28. The first-order valence-electron chi connectivity index (χ1n) is 5.60. The predicted octanol–water partition coefficient (Wildman–Crippen LogP) is 1.81. The van der Waals surface area contributed by atoms with E-state index in [1.165, 1.54) is 7.05 Å². The molecule has 2 rings (SSSR count). The molecule has 0 aromatic heterocycles. The average Bonchev–Trinajstić information content (AvgIpc) is 2.37. The van der Waals surface area contributed by atoms with Crippen molar-refractivity contribution in [3.05, 3.63) is 36.4 Å². The van der Waals surface area contributed by atoms with Gasteiger partial charge in [0.15, 0.2) is 0 Å². The zero-order chi connectivity index (χ0) is 13.3. The largest absolute Gasteiger partial charge is 0.377 e. The zero-order valence-electron chi connectivity index (χ0n) is 10.6. The standard InChI is InChI=1S/C13H16N2O2S/c1-14-18(16,17)13-9-5-6-10-11(13)7-4-8-12(10)15(2)3/h4-9,14H,1-3H3. The van der Waals surface area contributed by atoms with Crippen LogP contribution in [0.4, 0.5) is 5.69 Å². The third-order valence-corrected chi connectivity index (χ3v) is 4.37. The number of nitrogens with one attached hydrogen (secondary N) is 1. The van der Waals surface area contributed by atoms with Crippen molar-refractivity contribution in [3.63, 3.8) is 0 Å². The molecule has 0 heterocycles. The van der Waals surface area contributed by atoms with Crippen LogP contribution in [0.5, 0.6) is 0 Å². The van der Waals surface area contributed by atoms with Crippen LogP contribution in [0, 0.1) is 0 Å². The first kappa shape index (κ1) is 12.9. The third kappa shape index (κ3) is 2.07. The summed E-state index contributed by atoms with van der Waals surface area (Å²) in [7, 11) is 1.86. The number of hydrogen-bond donors (Lipinski definition) is 1. The quantitative estimate of drug-likeness (QED) is 0.920. The summed E-state index contributed by atoms with van der Waals surface area (Å²) < 4.78 is 26.3. The Morgan fingerprint density at radius 3 is 2.22 bits per heavy atom. The summed E-state index contributed by atoms with van der Waals surface area (Å²) in [6.07, 6.45) is 0. The molecule has 0 aliphatic heterocycles. The van der Waals surface area contributed by atoms with E-state index in [9.17, 15) is 8.42 Å². The minimum absolute atomic E-state index is 0.311. The Balaban J connectivity index is 2.84. The number of rotatable bonds is 3. The van der Waals surface area contributed by atoms with Crippen molar-refractivity contribution in [1.29, 1.82) is 0 Å². The maximum absolute atomic E-state index is 12.0. The van der Waals surface area contributed by atoms with Gasteiger partial charge in [0, 0.05) is 30.6 Å². The molecule has 5 heteroatoms. The summed E-state index contributed by atoms with van der Waals surface area (Å²) in [4.78, 5) is 2.28. The van der Waals surface area contributed by atoms with Crippen LogP contribution in [0.3, 0.4) is 0 Å². The number of nitrogens with zero attached hydrogens (tertiary/aromatic N) is 1. The van der Waals surface area contributed by atoms with E-state index >= 15 is 0 Å². The molecule has 96 valence electrons. The molecular formula is C13H16N2O2S. The van der Waals surface area contributed by atoms with E-state index in [2.05, 4.69) is 4.72 Å². The summed E-state index contributed by atoms with van der Waals surface area (Å²) in [5.41, 5.74) is 1.00. The van der Waals surface area contributed by atoms with Crippen LogP contribution in [0.25, 0.3) is 10.8 Å². The van der Waals surface area contributed by atoms with Crippen LogP contribution in [0.2, 0.25) is 0 Å². The van der Waals surface area contributed by atoms with E-state index in [1.807, 2.05) is 43.3 Å². The first-order chi connectivity index (χ1) is 8.47. The van der Waals surface area contributed by atoms with E-state index < -0.39 is 10.0 Å². The molecule has 2 aromatic carbocycles. The van der Waals surface area contributed by atoms with E-state index in [0.29, 0.717) is 4.90 Å². The molecule has 0 unspecified atom stereocenters. The SMILES string of the molecule is CNS(=O)(=O)c1cccc2c(N(C)C)cccc12. The van der Waals surface area contributed by atoms with Crippen molar-refractivity contribution in [2.45, 2.75) is 4.90 Å². The highest BCUT2D eigenvalue weighted by Gasteiger charge is 2.16. The van der Waals surface area contributed by atoms with Crippen LogP contribution in [-0.2, 0) is 10.0 Å². The molecule has 0 radical (unpaired) electrons. The van der Waals surface area contributed by atoms with Crippen LogP contribution < -0.4 is 9.62 Å². The molecular weight excluding hydrogens is 248 g/mol. The lowest BCUT2D eigenvalue weighted by Crippen LogP contribution is -2.19. The van der Waals surface area contributed by atoms with E-state index in [1.54, 1.807) is 12.1 Å². The molecule has 2 aromatic rings. The average molecular weight is 264 g/mol. The second-order valence-corrected chi connectivity index (χ2v) is 6.09. The molecule has 0 amide bonds. The molecule has 0 aliphatic rings. The van der Waals surface area contributed by atoms with Crippen molar-refractivity contribution in [2.75, 3.05) is 26.0 Å². The molecule has 0 spiro atoms. The van der Waals surface area contributed by atoms with Gasteiger partial charge in [0.05, 0.1) is 4.90 Å². The van der Waals surface area contributed by atoms with Gasteiger partial charge in [-0.1, -0.05) is 24.3 Å². The van der Waals surface area contributed by atoms with Crippen molar-refractivity contribution in [3.8, 4) is 0 Å². The predicted molar refractivity (Wildman–Crippen MR) is 74.5 cm³/mol. The zero-order valence-corrected chi connectivity index (χ0v) is 11.5. The number of benzene rings is 2. The van der Waals surface area contributed by atoms with Gasteiger partial charge in [-0.15, -0.1) is 0 Å². The van der Waals surface area contributed by atoms with Gasteiger partial charge >= 0.3 is 0 Å². The number of hydrogen-bond acceptors (Lipinski definition) is 3. The lowest BCUT2D eigenvalue weighted by atomic mass is 10.1. The monoisotopic (exact) mass is 264 g/mol. The van der Waals surface area contributed by atoms with Gasteiger partial charge in [0.25, 0.3) is 0 Å². The molecule has 1 N–H and O–H groups in total. The van der Waals surface area contributed by atoms with Gasteiger partial charge in [-0.3, -0.25) is 0 Å². The van der Waals surface area contributed by atoms with Gasteiger partial charge in [0.1, 0.15) is 0 Å². The summed E-state index contributed by atoms with van der Waals surface area (Å²) in [6, 6.07) is 11.0. The Morgan fingerprint density at radius 1 is 1.00 bits per heavy atom. The van der Waals surface area contributed by atoms with Gasteiger partial charge in [-0.25, -0.2) is 13.1 Å². The molecule has 0 fully saturated rings. The second-order valence-electron chi connectivity index (χ2n) is 4.23. The Labute approximate surface area is 107 Å². The van der Waals surface area contributed by atoms with Crippen molar-refractivity contribution in [2.24, 2.45) is 0 Å². The first-order valence-corrected chi connectivity index (χ1v) is 7.08. The van der Waals surface area contributed by atoms with Gasteiger partial charge < -0.3 is 4.90 Å². The van der Waals surface area contributed by atoms with Crippen molar-refractivity contribution < 1.29 is 8.42 Å². The van der Waals surface area contributed by atoms with Gasteiger partial charge in [-0.05, 0) is 19.2 Å². The molecule has 0 aliphatic carbocycles. The molecule has 0 bridgehead atoms. The maximum atomic E-state index is 12.0. The topological polar surface area (TPSA) is 49.4 Å². The fourth-order valence-electron chi connectivity index (χ4n) is 2.00. The Bertz CT molecular complexity index is 678. The summed E-state index contributed by atoms with van der Waals surface area (Å²) in [5, 5.41) is 1.66. The fourth-order valence-corrected chi connectivity index (χ4v) is 2.94. The number of anilines is 1. The molecule has 18 heavy (non-hydrogen) atoms. The smallest absolute Gasteiger partial charge is 0.240 e. The molecule has 0 atom stereocenters. The van der Waals surface area contributed by atoms with Crippen LogP contribution in [0.15, 0.2) is 41.3 Å². The van der Waals surface area contributed by atoms with Gasteiger partial charge in [0.2, 0.25) is 10.0 Å². The van der Waals surface area contributed by atoms with Gasteiger partial charge in [-0.2, -0.15) is 0 Å². The summed E-state index contributed by atoms with van der Waals surface area (Å²) in [6.45, 7) is 0. The number of fused-ring (bicyclic) bond motifs is 1. The Hall–Kier alpha value is -1.59. The van der Waals surface area contributed by atoms with E-state index in [-0.39, 0.29) is 0 Å². The summed E-state index contributed by atoms with van der Waals surface area (Å²) >= 11 is 0. The van der Waals surface area contributed by atoms with Crippen molar-refractivity contribution >= 4 is 26.5 Å². The minimum Gasteiger partial charge on any atom is -0.377 e. The van der Waals surface area contributed by atoms with E-state index in [4.69, 9.17) is 0 Å². The van der Waals surface area contributed by atoms with Crippen LogP contribution in [-0.4, -0.2) is 29.6 Å². The lowest BCUT2D eigenvalue weighted by Gasteiger charge is -2.16. The van der Waals surface area contributed by atoms with Crippen LogP contribution in [0.1, 0.15) is 0 Å². The van der Waals surface area contributed by atoms with Crippen molar-refractivity contribution in [1.82, 2.24) is 4.72 Å². The Morgan fingerprint density at radius 2 is 1.61 bits per heavy atom. The normalized spacial score (nSPS) is 11.7. The minimum atomic E-state index is -3.44. The molecule has 0 saturated heterocycles. The fraction of sp³-hybridized carbons (Fsp3) is 0.231. The highest BCUT2D eigenvalue weighted by Crippen LogP contribution is 2.29. The molecule has 0 saturated carbocycles. The third-order valence-electron chi connectivity index (χ3n) is 2.90. The maximum Gasteiger partial charge on any atom is 0.240 e. The van der Waals surface area contributed by atoms with E-state index in [0.717, 1.165) is 16.5 Å². The molecule has 4 nitrogen and oxygen atoms in total. The lowest BCUT2D eigenvalue weighted by molar-refractivity contribution is 0.589. The van der Waals surface area contributed by atoms with Crippen LogP contribution >= 0.6 is 0 Å². The number of sulfonamides is 1. The summed E-state index contributed by atoms with van der Waals surface area (Å²) in [5.74, 6) is 0. The highest BCUT2D eigenvalue weighted by atomic mass is 32.2. The highest BCUT2D eigenvalue weighted by molar-refractivity contribution is 7.89. The second kappa shape index (κ2) is 4.59.